The molecule has 1 aromatic heterocycles. The average Bonchev–Trinajstić information content (AvgIpc) is 3.00. The van der Waals surface area contributed by atoms with Gasteiger partial charge in [0.05, 0.1) is 17.9 Å². The van der Waals surface area contributed by atoms with E-state index in [0.717, 1.165) is 17.4 Å². The Morgan fingerprint density at radius 2 is 1.59 bits per heavy atom. The lowest BCUT2D eigenvalue weighted by Gasteiger charge is -2.21. The van der Waals surface area contributed by atoms with Gasteiger partial charge in [-0.2, -0.15) is 0 Å². The van der Waals surface area contributed by atoms with Gasteiger partial charge in [0.1, 0.15) is 5.75 Å². The van der Waals surface area contributed by atoms with Crippen molar-refractivity contribution in [2.24, 2.45) is 0 Å². The predicted octanol–water partition coefficient (Wildman–Crippen LogP) is 5.06. The summed E-state index contributed by atoms with van der Waals surface area (Å²) in [6.07, 6.45) is 2.49. The lowest BCUT2D eigenvalue weighted by atomic mass is 9.95. The molecule has 1 aromatic carbocycles. The Morgan fingerprint density at radius 1 is 1.00 bits per heavy atom. The highest BCUT2D eigenvalue weighted by molar-refractivity contribution is 6.88. The van der Waals surface area contributed by atoms with Crippen LogP contribution in [0.3, 0.4) is 0 Å². The van der Waals surface area contributed by atoms with Crippen LogP contribution in [0.2, 0.25) is 13.1 Å². The Kier molecular flexibility index (Phi) is 5.17. The van der Waals surface area contributed by atoms with Gasteiger partial charge >= 0.3 is 0 Å². The third kappa shape index (κ3) is 4.04. The summed E-state index contributed by atoms with van der Waals surface area (Å²) in [5, 5.41) is 1.09. The van der Waals surface area contributed by atoms with Crippen molar-refractivity contribution in [3.63, 3.8) is 0 Å². The van der Waals surface area contributed by atoms with Crippen LogP contribution in [0.1, 0.15) is 50.7 Å². The van der Waals surface area contributed by atoms with Gasteiger partial charge in [-0.3, -0.25) is 0 Å². The lowest BCUT2D eigenvalue weighted by molar-refractivity contribution is 0.376. The molecule has 0 bridgehead atoms. The molecule has 0 amide bonds. The molecule has 0 N–H and O–H groups in total. The van der Waals surface area contributed by atoms with Gasteiger partial charge in [0, 0.05) is 0 Å². The number of hydrogen-bond acceptors (Lipinski definition) is 2. The van der Waals surface area contributed by atoms with Gasteiger partial charge < -0.3 is 9.15 Å². The van der Waals surface area contributed by atoms with Crippen molar-refractivity contribution in [2.45, 2.75) is 52.6 Å². The molecule has 1 heterocycles. The van der Waals surface area contributed by atoms with E-state index in [1.54, 1.807) is 6.26 Å². The largest absolute Gasteiger partial charge is 0.497 e. The minimum absolute atomic E-state index is 0.511. The average molecular weight is 317 g/mol. The quantitative estimate of drug-likeness (QED) is 0.695. The van der Waals surface area contributed by atoms with Crippen LogP contribution in [-0.4, -0.2) is 14.3 Å². The number of hydrogen-bond donors (Lipinski definition) is 0. The van der Waals surface area contributed by atoms with E-state index in [0.29, 0.717) is 11.8 Å². The van der Waals surface area contributed by atoms with Crippen molar-refractivity contribution in [3.05, 3.63) is 47.7 Å². The Morgan fingerprint density at radius 3 is 2.05 bits per heavy atom. The number of furan rings is 1. The van der Waals surface area contributed by atoms with Gasteiger partial charge in [-0.1, -0.05) is 46.9 Å². The van der Waals surface area contributed by atoms with Crippen LogP contribution in [0.25, 0.3) is 0 Å². The molecule has 0 saturated heterocycles. The Hall–Kier alpha value is -1.48. The van der Waals surface area contributed by atoms with Crippen molar-refractivity contribution >= 4 is 13.5 Å². The first kappa shape index (κ1) is 16.9. The molecular weight excluding hydrogens is 288 g/mol. The minimum Gasteiger partial charge on any atom is -0.497 e. The summed E-state index contributed by atoms with van der Waals surface area (Å²) in [4.78, 5) is 0. The van der Waals surface area contributed by atoms with E-state index < -0.39 is 8.07 Å². The van der Waals surface area contributed by atoms with E-state index >= 15 is 0 Å². The second-order valence-corrected chi connectivity index (χ2v) is 11.8. The molecule has 0 spiro atoms. The first-order valence-electron chi connectivity index (χ1n) is 8.11. The number of rotatable bonds is 6. The fourth-order valence-corrected chi connectivity index (χ4v) is 4.00. The summed E-state index contributed by atoms with van der Waals surface area (Å²) in [5.41, 5.74) is 2.69. The fraction of sp³-hybridized carbons (Fsp3) is 0.474. The van der Waals surface area contributed by atoms with Gasteiger partial charge in [-0.25, -0.2) is 0 Å². The summed E-state index contributed by atoms with van der Waals surface area (Å²) in [7, 11) is -1.69. The van der Waals surface area contributed by atoms with E-state index in [9.17, 15) is 0 Å². The zero-order valence-electron chi connectivity index (χ0n) is 14.6. The Bertz CT molecular complexity index is 572. The van der Waals surface area contributed by atoms with Crippen molar-refractivity contribution in [1.29, 1.82) is 0 Å². The second-order valence-electron chi connectivity index (χ2n) is 7.29. The van der Waals surface area contributed by atoms with E-state index in [1.165, 1.54) is 11.1 Å². The van der Waals surface area contributed by atoms with Crippen LogP contribution in [-0.2, 0) is 0 Å². The topological polar surface area (TPSA) is 22.4 Å². The molecule has 3 heteroatoms. The standard InChI is InChI=1S/C19H28O2Si/c1-14(2)16-10-17(15(3)4)12-18(11-16)21-13-22(5,6)19-8-7-9-20-19/h7-12,14-15H,13H2,1-6H3. The monoisotopic (exact) mass is 316 g/mol. The first-order valence-corrected chi connectivity index (χ1v) is 11.3. The normalized spacial score (nSPS) is 12.2. The third-order valence-corrected chi connectivity index (χ3v) is 6.56. The maximum Gasteiger partial charge on any atom is 0.168 e. The predicted molar refractivity (Wildman–Crippen MR) is 95.9 cm³/mol. The smallest absolute Gasteiger partial charge is 0.168 e. The van der Waals surface area contributed by atoms with E-state index in [4.69, 9.17) is 9.15 Å². The molecule has 2 nitrogen and oxygen atoms in total. The zero-order chi connectivity index (χ0) is 16.3. The number of benzene rings is 1. The zero-order valence-corrected chi connectivity index (χ0v) is 15.6. The van der Waals surface area contributed by atoms with Crippen LogP contribution >= 0.6 is 0 Å². The molecule has 0 aliphatic rings. The molecule has 22 heavy (non-hydrogen) atoms. The van der Waals surface area contributed by atoms with Crippen LogP contribution in [0.5, 0.6) is 5.75 Å². The van der Waals surface area contributed by atoms with Gasteiger partial charge in [-0.05, 0) is 47.2 Å². The van der Waals surface area contributed by atoms with Gasteiger partial charge in [0.2, 0.25) is 0 Å². The second kappa shape index (κ2) is 6.74. The highest BCUT2D eigenvalue weighted by atomic mass is 28.3. The van der Waals surface area contributed by atoms with E-state index in [1.807, 2.05) is 6.07 Å². The van der Waals surface area contributed by atoms with Crippen LogP contribution in [0.4, 0.5) is 0 Å². The van der Waals surface area contributed by atoms with E-state index in [2.05, 4.69) is 65.1 Å². The van der Waals surface area contributed by atoms with Crippen molar-refractivity contribution in [3.8, 4) is 5.75 Å². The van der Waals surface area contributed by atoms with Crippen LogP contribution in [0, 0.1) is 0 Å². The first-order chi connectivity index (χ1) is 10.3. The Balaban J connectivity index is 2.18. The number of ether oxygens (including phenoxy) is 1. The minimum atomic E-state index is -1.69. The van der Waals surface area contributed by atoms with Crippen molar-refractivity contribution < 1.29 is 9.15 Å². The summed E-state index contributed by atoms with van der Waals surface area (Å²) in [6, 6.07) is 10.7. The molecule has 0 unspecified atom stereocenters. The van der Waals surface area contributed by atoms with Crippen molar-refractivity contribution in [1.82, 2.24) is 0 Å². The van der Waals surface area contributed by atoms with Gasteiger partial charge in [0.15, 0.2) is 8.07 Å². The molecule has 0 fully saturated rings. The van der Waals surface area contributed by atoms with Gasteiger partial charge in [-0.15, -0.1) is 0 Å². The van der Waals surface area contributed by atoms with Crippen LogP contribution in [0.15, 0.2) is 41.0 Å². The van der Waals surface area contributed by atoms with Crippen molar-refractivity contribution in [2.75, 3.05) is 6.23 Å². The maximum atomic E-state index is 6.18. The van der Waals surface area contributed by atoms with E-state index in [-0.39, 0.29) is 0 Å². The Labute approximate surface area is 135 Å². The molecule has 0 aliphatic heterocycles. The fourth-order valence-electron chi connectivity index (χ4n) is 2.39. The highest BCUT2D eigenvalue weighted by Gasteiger charge is 2.28. The molecular formula is C19H28O2Si. The summed E-state index contributed by atoms with van der Waals surface area (Å²) < 4.78 is 11.8. The molecule has 2 rings (SSSR count). The molecule has 0 radical (unpaired) electrons. The molecule has 0 saturated carbocycles. The summed E-state index contributed by atoms with van der Waals surface area (Å²) in [6.45, 7) is 13.5. The maximum absolute atomic E-state index is 6.18. The van der Waals surface area contributed by atoms with Crippen LogP contribution < -0.4 is 10.1 Å². The summed E-state index contributed by atoms with van der Waals surface area (Å²) in [5.74, 6) is 2.01. The molecule has 120 valence electrons. The summed E-state index contributed by atoms with van der Waals surface area (Å²) >= 11 is 0. The lowest BCUT2D eigenvalue weighted by Crippen LogP contribution is -2.46. The third-order valence-electron chi connectivity index (χ3n) is 4.07. The SMILES string of the molecule is CC(C)c1cc(OC[Si](C)(C)c2ccco2)cc(C(C)C)c1. The van der Waals surface area contributed by atoms with Gasteiger partial charge in [0.25, 0.3) is 0 Å². The molecule has 2 aromatic rings. The molecule has 0 atom stereocenters. The molecule has 0 aliphatic carbocycles. The highest BCUT2D eigenvalue weighted by Crippen LogP contribution is 2.27.